The van der Waals surface area contributed by atoms with E-state index in [0.29, 0.717) is 5.82 Å². The van der Waals surface area contributed by atoms with E-state index in [0.717, 1.165) is 5.82 Å². The summed E-state index contributed by atoms with van der Waals surface area (Å²) in [4.78, 5) is 3.89. The molecule has 1 heterocycles. The van der Waals surface area contributed by atoms with E-state index >= 15 is 0 Å². The second kappa shape index (κ2) is 3.53. The van der Waals surface area contributed by atoms with E-state index in [9.17, 15) is 0 Å². The molecule has 1 aromatic heterocycles. The summed E-state index contributed by atoms with van der Waals surface area (Å²) in [5.74, 6) is 1.18. The number of aryl methyl sites for hydroxylation is 1. The third kappa shape index (κ3) is 1.97. The van der Waals surface area contributed by atoms with Crippen molar-refractivity contribution < 1.29 is 5.11 Å². The van der Waals surface area contributed by atoms with Crippen molar-refractivity contribution in [1.29, 1.82) is 0 Å². The van der Waals surface area contributed by atoms with E-state index < -0.39 is 6.10 Å². The van der Waals surface area contributed by atoms with Gasteiger partial charge in [-0.3, -0.25) is 5.10 Å². The molecule has 2 N–H and O–H groups in total. The van der Waals surface area contributed by atoms with Crippen molar-refractivity contribution in [1.82, 2.24) is 15.2 Å². The Labute approximate surface area is 65.1 Å². The predicted octanol–water partition coefficient (Wildman–Crippen LogP) is 0.588. The van der Waals surface area contributed by atoms with Crippen molar-refractivity contribution in [3.63, 3.8) is 0 Å². The summed E-state index contributed by atoms with van der Waals surface area (Å²) in [6, 6.07) is 0. The van der Waals surface area contributed by atoms with Crippen LogP contribution < -0.4 is 0 Å². The van der Waals surface area contributed by atoms with Gasteiger partial charge in [0.05, 0.1) is 0 Å². The monoisotopic (exact) mass is 163 g/mol. The molecule has 0 saturated carbocycles. The lowest BCUT2D eigenvalue weighted by Gasteiger charge is -1.92. The lowest BCUT2D eigenvalue weighted by Crippen LogP contribution is -1.92. The Balaban J connectivity index is 0.000000810. The highest BCUT2D eigenvalue weighted by Gasteiger charge is 2.04. The SMILES string of the molecule is Cc1nc([C@@H](C)O)n[nH]1.Cl. The van der Waals surface area contributed by atoms with Crippen molar-refractivity contribution in [3.8, 4) is 0 Å². The van der Waals surface area contributed by atoms with Gasteiger partial charge in [0, 0.05) is 0 Å². The molecule has 0 bridgehead atoms. The molecule has 0 radical (unpaired) electrons. The molecule has 0 spiro atoms. The molecular formula is C5H10ClN3O. The Bertz CT molecular complexity index is 199. The fourth-order valence-corrected chi connectivity index (χ4v) is 0.547. The van der Waals surface area contributed by atoms with E-state index in [-0.39, 0.29) is 12.4 Å². The molecule has 0 aromatic carbocycles. The third-order valence-corrected chi connectivity index (χ3v) is 0.988. The van der Waals surface area contributed by atoms with Crippen molar-refractivity contribution in [2.45, 2.75) is 20.0 Å². The molecule has 4 nitrogen and oxygen atoms in total. The summed E-state index contributed by atoms with van der Waals surface area (Å²) < 4.78 is 0. The zero-order valence-electron chi connectivity index (χ0n) is 5.83. The zero-order valence-corrected chi connectivity index (χ0v) is 6.64. The third-order valence-electron chi connectivity index (χ3n) is 0.988. The summed E-state index contributed by atoms with van der Waals surface area (Å²) >= 11 is 0. The summed E-state index contributed by atoms with van der Waals surface area (Å²) in [6.45, 7) is 3.42. The van der Waals surface area contributed by atoms with E-state index in [2.05, 4.69) is 15.2 Å². The van der Waals surface area contributed by atoms with Crippen LogP contribution in [0, 0.1) is 6.92 Å². The van der Waals surface area contributed by atoms with Gasteiger partial charge in [0.15, 0.2) is 5.82 Å². The zero-order chi connectivity index (χ0) is 6.85. The van der Waals surface area contributed by atoms with Gasteiger partial charge in [-0.25, -0.2) is 4.98 Å². The molecule has 1 rings (SSSR count). The molecule has 0 aliphatic rings. The number of halogens is 1. The summed E-state index contributed by atoms with van der Waals surface area (Å²) in [5.41, 5.74) is 0. The first-order valence-corrected chi connectivity index (χ1v) is 2.77. The molecule has 10 heavy (non-hydrogen) atoms. The maximum absolute atomic E-state index is 8.89. The molecule has 5 heteroatoms. The van der Waals surface area contributed by atoms with Crippen molar-refractivity contribution >= 4 is 12.4 Å². The van der Waals surface area contributed by atoms with Gasteiger partial charge in [0.2, 0.25) is 0 Å². The Kier molecular flexibility index (Phi) is 3.32. The number of aromatic nitrogens is 3. The minimum atomic E-state index is -0.574. The number of aliphatic hydroxyl groups is 1. The van der Waals surface area contributed by atoms with Gasteiger partial charge in [-0.2, -0.15) is 5.10 Å². The van der Waals surface area contributed by atoms with E-state index in [1.165, 1.54) is 0 Å². The van der Waals surface area contributed by atoms with Gasteiger partial charge >= 0.3 is 0 Å². The number of nitrogens with one attached hydrogen (secondary N) is 1. The van der Waals surface area contributed by atoms with Crippen LogP contribution in [0.1, 0.15) is 24.7 Å². The molecule has 1 aromatic rings. The molecule has 58 valence electrons. The first kappa shape index (κ1) is 9.39. The maximum atomic E-state index is 8.89. The minimum Gasteiger partial charge on any atom is -0.385 e. The first-order valence-electron chi connectivity index (χ1n) is 2.77. The van der Waals surface area contributed by atoms with Gasteiger partial charge in [-0.15, -0.1) is 12.4 Å². The molecule has 0 aliphatic carbocycles. The number of hydrogen-bond donors (Lipinski definition) is 2. The summed E-state index contributed by atoms with van der Waals surface area (Å²) in [7, 11) is 0. The standard InChI is InChI=1S/C5H9N3O.ClH/c1-3(9)5-6-4(2)7-8-5;/h3,9H,1-2H3,(H,6,7,8);1H/t3-;/m1./s1. The van der Waals surface area contributed by atoms with Crippen molar-refractivity contribution in [2.75, 3.05) is 0 Å². The molecular weight excluding hydrogens is 154 g/mol. The maximum Gasteiger partial charge on any atom is 0.178 e. The van der Waals surface area contributed by atoms with Crippen LogP contribution in [0.25, 0.3) is 0 Å². The van der Waals surface area contributed by atoms with E-state index in [4.69, 9.17) is 5.11 Å². The topological polar surface area (TPSA) is 61.8 Å². The number of nitrogens with zero attached hydrogens (tertiary/aromatic N) is 2. The highest BCUT2D eigenvalue weighted by molar-refractivity contribution is 5.85. The lowest BCUT2D eigenvalue weighted by atomic mass is 10.4. The van der Waals surface area contributed by atoms with Crippen LogP contribution in [-0.2, 0) is 0 Å². The Morgan fingerprint density at radius 2 is 2.20 bits per heavy atom. The largest absolute Gasteiger partial charge is 0.385 e. The van der Waals surface area contributed by atoms with E-state index in [1.807, 2.05) is 0 Å². The van der Waals surface area contributed by atoms with Crippen LogP contribution in [0.2, 0.25) is 0 Å². The molecule has 0 amide bonds. The second-order valence-electron chi connectivity index (χ2n) is 1.95. The number of hydrogen-bond acceptors (Lipinski definition) is 3. The normalized spacial score (nSPS) is 12.3. The number of rotatable bonds is 1. The minimum absolute atomic E-state index is 0. The number of H-pyrrole nitrogens is 1. The van der Waals surface area contributed by atoms with Gasteiger partial charge in [-0.05, 0) is 13.8 Å². The predicted molar refractivity (Wildman–Crippen MR) is 39.0 cm³/mol. The van der Waals surface area contributed by atoms with Crippen LogP contribution in [0.5, 0.6) is 0 Å². The number of aromatic amines is 1. The van der Waals surface area contributed by atoms with Crippen molar-refractivity contribution in [2.24, 2.45) is 0 Å². The molecule has 0 aliphatic heterocycles. The average Bonchev–Trinajstić information content (AvgIpc) is 2.14. The van der Waals surface area contributed by atoms with Crippen molar-refractivity contribution in [3.05, 3.63) is 11.6 Å². The van der Waals surface area contributed by atoms with Crippen LogP contribution >= 0.6 is 12.4 Å². The Morgan fingerprint density at radius 3 is 2.40 bits per heavy atom. The quantitative estimate of drug-likeness (QED) is 0.637. The van der Waals surface area contributed by atoms with Gasteiger partial charge in [-0.1, -0.05) is 0 Å². The molecule has 0 saturated heterocycles. The van der Waals surface area contributed by atoms with Crippen LogP contribution in [0.4, 0.5) is 0 Å². The van der Waals surface area contributed by atoms with Crippen LogP contribution in [0.3, 0.4) is 0 Å². The first-order chi connectivity index (χ1) is 4.20. The second-order valence-corrected chi connectivity index (χ2v) is 1.95. The highest BCUT2D eigenvalue weighted by Crippen LogP contribution is 2.02. The fraction of sp³-hybridized carbons (Fsp3) is 0.600. The smallest absolute Gasteiger partial charge is 0.178 e. The summed E-state index contributed by atoms with van der Waals surface area (Å²) in [5, 5.41) is 15.3. The Hall–Kier alpha value is -0.610. The highest BCUT2D eigenvalue weighted by atomic mass is 35.5. The van der Waals surface area contributed by atoms with Crippen LogP contribution in [0.15, 0.2) is 0 Å². The molecule has 0 fully saturated rings. The van der Waals surface area contributed by atoms with Gasteiger partial charge in [0.25, 0.3) is 0 Å². The molecule has 1 atom stereocenters. The van der Waals surface area contributed by atoms with E-state index in [1.54, 1.807) is 13.8 Å². The molecule has 0 unspecified atom stereocenters. The van der Waals surface area contributed by atoms with Crippen LogP contribution in [-0.4, -0.2) is 20.3 Å². The fourth-order valence-electron chi connectivity index (χ4n) is 0.547. The Morgan fingerprint density at radius 1 is 1.60 bits per heavy atom. The van der Waals surface area contributed by atoms with Gasteiger partial charge < -0.3 is 5.11 Å². The lowest BCUT2D eigenvalue weighted by molar-refractivity contribution is 0.189. The summed E-state index contributed by atoms with van der Waals surface area (Å²) in [6.07, 6.45) is -0.574. The average molecular weight is 164 g/mol. The number of aliphatic hydroxyl groups excluding tert-OH is 1. The van der Waals surface area contributed by atoms with Gasteiger partial charge in [0.1, 0.15) is 11.9 Å².